The van der Waals surface area contributed by atoms with Crippen molar-refractivity contribution in [3.05, 3.63) is 85.7 Å². The van der Waals surface area contributed by atoms with Crippen LogP contribution in [0.15, 0.2) is 28.2 Å². The Morgan fingerprint density at radius 3 is 1.62 bits per heavy atom. The Balaban J connectivity index is 1.72. The van der Waals surface area contributed by atoms with Crippen molar-refractivity contribution in [2.45, 2.75) is 80.1 Å². The molecule has 192 valence electrons. The molecule has 6 nitrogen and oxygen atoms in total. The topological polar surface area (TPSA) is 85.0 Å². The molecule has 0 unspecified atom stereocenters. The van der Waals surface area contributed by atoms with Crippen molar-refractivity contribution in [3.8, 4) is 0 Å². The normalized spacial score (nSPS) is 13.1. The number of benzene rings is 1. The minimum atomic E-state index is 0.773. The first-order valence-electron chi connectivity index (χ1n) is 13.6. The van der Waals surface area contributed by atoms with Crippen LogP contribution in [0.3, 0.4) is 0 Å². The van der Waals surface area contributed by atoms with Crippen LogP contribution < -0.4 is 0 Å². The van der Waals surface area contributed by atoms with Gasteiger partial charge in [0.05, 0.1) is 40.9 Å². The second-order valence-electron chi connectivity index (χ2n) is 10.0. The summed E-state index contributed by atoms with van der Waals surface area (Å²) in [6.45, 7) is 13.2. The summed E-state index contributed by atoms with van der Waals surface area (Å²) in [7, 11) is 0. The van der Waals surface area contributed by atoms with Gasteiger partial charge >= 0.3 is 0 Å². The fourth-order valence-corrected chi connectivity index (χ4v) is 5.72. The Bertz CT molecular complexity index is 1380. The zero-order chi connectivity index (χ0) is 26.1. The summed E-state index contributed by atoms with van der Waals surface area (Å²) in [6.07, 6.45) is 9.41. The maximum absolute atomic E-state index is 4.98. The fraction of sp³-hybridized carbons (Fsp3) is 0.387. The number of nitrogens with one attached hydrogen (secondary N) is 3. The van der Waals surface area contributed by atoms with E-state index >= 15 is 0 Å². The van der Waals surface area contributed by atoms with Crippen LogP contribution in [0.4, 0.5) is 11.4 Å². The molecule has 37 heavy (non-hydrogen) atoms. The van der Waals surface area contributed by atoms with Gasteiger partial charge in [0.1, 0.15) is 0 Å². The lowest BCUT2D eigenvalue weighted by atomic mass is 10.0. The van der Waals surface area contributed by atoms with E-state index in [1.165, 1.54) is 44.8 Å². The molecule has 3 N–H and O–H groups in total. The first-order valence-corrected chi connectivity index (χ1v) is 13.6. The molecule has 1 aliphatic heterocycles. The van der Waals surface area contributed by atoms with Crippen molar-refractivity contribution >= 4 is 23.8 Å². The van der Waals surface area contributed by atoms with E-state index in [2.05, 4.69) is 79.9 Å². The Labute approximate surface area is 219 Å². The third-order valence-corrected chi connectivity index (χ3v) is 7.76. The lowest BCUT2D eigenvalue weighted by Crippen LogP contribution is -1.95. The van der Waals surface area contributed by atoms with Crippen molar-refractivity contribution in [3.63, 3.8) is 0 Å². The van der Waals surface area contributed by atoms with Gasteiger partial charge in [0.25, 0.3) is 0 Å². The lowest BCUT2D eigenvalue weighted by Gasteiger charge is -2.06. The van der Waals surface area contributed by atoms with E-state index in [4.69, 9.17) is 9.98 Å². The standard InChI is InChI=1S/C31H38N6/c1-7-22-24(9-3)30-16-32-28-11-18(5)19(6)12-29(28)33-17-31-25(10-4)23(8-2)27(35-31)15-21-13-20(36-37-21)14-26(22)34-30/h11-13,16-17,34-35H,7-10,14-15H2,1-6H3,(H,36,37). The van der Waals surface area contributed by atoms with E-state index < -0.39 is 0 Å². The number of aromatic nitrogens is 4. The van der Waals surface area contributed by atoms with Gasteiger partial charge in [-0.25, -0.2) is 0 Å². The maximum atomic E-state index is 4.98. The molecule has 1 aliphatic rings. The lowest BCUT2D eigenvalue weighted by molar-refractivity contribution is 0.921. The highest BCUT2D eigenvalue weighted by Gasteiger charge is 2.18. The van der Waals surface area contributed by atoms with Gasteiger partial charge in [-0.2, -0.15) is 5.10 Å². The first kappa shape index (κ1) is 25.0. The molecule has 0 amide bonds. The fourth-order valence-electron chi connectivity index (χ4n) is 5.72. The van der Waals surface area contributed by atoms with Crippen LogP contribution in [0.5, 0.6) is 0 Å². The van der Waals surface area contributed by atoms with E-state index in [1.807, 2.05) is 12.4 Å². The summed E-state index contributed by atoms with van der Waals surface area (Å²) in [4.78, 5) is 17.3. The summed E-state index contributed by atoms with van der Waals surface area (Å²) in [5, 5.41) is 7.97. The number of aryl methyl sites for hydroxylation is 2. The molecule has 4 heterocycles. The van der Waals surface area contributed by atoms with Crippen LogP contribution in [0.2, 0.25) is 0 Å². The van der Waals surface area contributed by atoms with E-state index in [-0.39, 0.29) is 0 Å². The minimum absolute atomic E-state index is 0.773. The van der Waals surface area contributed by atoms with Crippen molar-refractivity contribution < 1.29 is 0 Å². The van der Waals surface area contributed by atoms with Crippen molar-refractivity contribution in [2.75, 3.05) is 0 Å². The van der Waals surface area contributed by atoms with Gasteiger partial charge < -0.3 is 9.97 Å². The molecular formula is C31H38N6. The zero-order valence-electron chi connectivity index (χ0n) is 23.0. The smallest absolute Gasteiger partial charge is 0.0889 e. The Morgan fingerprint density at radius 1 is 0.649 bits per heavy atom. The highest BCUT2D eigenvalue weighted by Crippen LogP contribution is 2.32. The average molecular weight is 495 g/mol. The quantitative estimate of drug-likeness (QED) is 0.249. The van der Waals surface area contributed by atoms with Crippen molar-refractivity contribution in [1.82, 2.24) is 20.2 Å². The highest BCUT2D eigenvalue weighted by molar-refractivity contribution is 5.88. The molecule has 0 saturated heterocycles. The molecule has 0 aliphatic carbocycles. The average Bonchev–Trinajstić information content (AvgIpc) is 3.57. The summed E-state index contributed by atoms with van der Waals surface area (Å²) < 4.78 is 0. The molecule has 0 fully saturated rings. The Kier molecular flexibility index (Phi) is 7.00. The number of aliphatic imine (C=N–C) groups is 2. The highest BCUT2D eigenvalue weighted by atomic mass is 15.1. The Morgan fingerprint density at radius 2 is 1.14 bits per heavy atom. The molecule has 4 aromatic rings. The van der Waals surface area contributed by atoms with E-state index in [1.54, 1.807) is 0 Å². The molecule has 0 spiro atoms. The third-order valence-electron chi connectivity index (χ3n) is 7.76. The van der Waals surface area contributed by atoms with E-state index in [0.29, 0.717) is 0 Å². The molecule has 0 radical (unpaired) electrons. The molecule has 5 rings (SSSR count). The third kappa shape index (κ3) is 4.73. The SMILES string of the molecule is CCc1c2[nH]c(c1CC)Cc1cc([nH]n1)Cc1[nH]c(c(CC)c1CC)C=Nc1cc(C)c(C)cc1N=C2. The Hall–Kier alpha value is -3.67. The van der Waals surface area contributed by atoms with Gasteiger partial charge in [-0.1, -0.05) is 27.7 Å². The zero-order valence-corrected chi connectivity index (χ0v) is 23.0. The molecule has 0 saturated carbocycles. The van der Waals surface area contributed by atoms with Gasteiger partial charge in [0.2, 0.25) is 0 Å². The van der Waals surface area contributed by atoms with Gasteiger partial charge in [-0.3, -0.25) is 15.1 Å². The summed E-state index contributed by atoms with van der Waals surface area (Å²) in [5.74, 6) is 0. The molecule has 6 bridgehead atoms. The largest absolute Gasteiger partial charge is 0.357 e. The number of hydrogen-bond donors (Lipinski definition) is 3. The van der Waals surface area contributed by atoms with Crippen LogP contribution in [0.25, 0.3) is 0 Å². The van der Waals surface area contributed by atoms with Gasteiger partial charge in [-0.15, -0.1) is 0 Å². The maximum Gasteiger partial charge on any atom is 0.0889 e. The monoisotopic (exact) mass is 494 g/mol. The van der Waals surface area contributed by atoms with E-state index in [9.17, 15) is 0 Å². The number of rotatable bonds is 4. The van der Waals surface area contributed by atoms with Gasteiger partial charge in [0.15, 0.2) is 0 Å². The second-order valence-corrected chi connectivity index (χ2v) is 10.0. The molecule has 1 aromatic carbocycles. The van der Waals surface area contributed by atoms with Gasteiger partial charge in [0, 0.05) is 29.9 Å². The van der Waals surface area contributed by atoms with Gasteiger partial charge in [-0.05, 0) is 91.1 Å². The number of aromatic amines is 3. The number of fused-ring (bicyclic) bond motifs is 7. The number of H-pyrrole nitrogens is 3. The first-order chi connectivity index (χ1) is 17.9. The number of nitrogens with zero attached hydrogens (tertiary/aromatic N) is 3. The molecule has 0 atom stereocenters. The summed E-state index contributed by atoms with van der Waals surface area (Å²) in [6, 6.07) is 6.50. The second kappa shape index (κ2) is 10.4. The van der Waals surface area contributed by atoms with Crippen LogP contribution in [0, 0.1) is 13.8 Å². The van der Waals surface area contributed by atoms with Crippen LogP contribution >= 0.6 is 0 Å². The molecule has 3 aromatic heterocycles. The van der Waals surface area contributed by atoms with Crippen molar-refractivity contribution in [1.29, 1.82) is 0 Å². The molecule has 6 heteroatoms. The van der Waals surface area contributed by atoms with Crippen LogP contribution in [-0.2, 0) is 38.5 Å². The summed E-state index contributed by atoms with van der Waals surface area (Å²) in [5.41, 5.74) is 16.5. The van der Waals surface area contributed by atoms with Crippen molar-refractivity contribution in [2.24, 2.45) is 9.98 Å². The molecular weight excluding hydrogens is 456 g/mol. The van der Waals surface area contributed by atoms with Crippen LogP contribution in [-0.4, -0.2) is 32.6 Å². The summed E-state index contributed by atoms with van der Waals surface area (Å²) >= 11 is 0. The predicted octanol–water partition coefficient (Wildman–Crippen LogP) is 6.93. The minimum Gasteiger partial charge on any atom is -0.357 e. The van der Waals surface area contributed by atoms with Crippen LogP contribution in [0.1, 0.15) is 95.2 Å². The van der Waals surface area contributed by atoms with E-state index in [0.717, 1.165) is 72.7 Å². The predicted molar refractivity (Wildman–Crippen MR) is 154 cm³/mol. The number of hydrogen-bond acceptors (Lipinski definition) is 3.